The van der Waals surface area contributed by atoms with Gasteiger partial charge in [-0.25, -0.2) is 4.98 Å². The highest BCUT2D eigenvalue weighted by Gasteiger charge is 2.15. The van der Waals surface area contributed by atoms with Crippen LogP contribution >= 0.6 is 0 Å². The van der Waals surface area contributed by atoms with Gasteiger partial charge in [-0.15, -0.1) is 0 Å². The van der Waals surface area contributed by atoms with Gasteiger partial charge in [0.05, 0.1) is 5.56 Å². The van der Waals surface area contributed by atoms with Crippen LogP contribution in [-0.4, -0.2) is 4.98 Å². The summed E-state index contributed by atoms with van der Waals surface area (Å²) in [6.07, 6.45) is 4.40. The van der Waals surface area contributed by atoms with Crippen molar-refractivity contribution in [2.45, 2.75) is 32.2 Å². The highest BCUT2D eigenvalue weighted by Crippen LogP contribution is 2.25. The normalized spacial score (nSPS) is 13.3. The number of hydrogen-bond acceptors (Lipinski definition) is 4. The summed E-state index contributed by atoms with van der Waals surface area (Å²) in [5, 5.41) is 12.6. The van der Waals surface area contributed by atoms with Gasteiger partial charge in [0.2, 0.25) is 0 Å². The SMILES string of the molecule is N#Cc1cc2c(nc1NCc1ccccc1N)CCCC2. The van der Waals surface area contributed by atoms with E-state index in [4.69, 9.17) is 5.73 Å². The number of pyridine rings is 1. The molecule has 1 aliphatic carbocycles. The Hall–Kier alpha value is -2.54. The Morgan fingerprint density at radius 3 is 2.86 bits per heavy atom. The van der Waals surface area contributed by atoms with E-state index in [1.807, 2.05) is 30.3 Å². The molecule has 0 fully saturated rings. The molecule has 0 bridgehead atoms. The first-order valence-electron chi connectivity index (χ1n) is 7.28. The molecule has 4 nitrogen and oxygen atoms in total. The van der Waals surface area contributed by atoms with Crippen molar-refractivity contribution in [3.63, 3.8) is 0 Å². The molecule has 0 unspecified atom stereocenters. The van der Waals surface area contributed by atoms with E-state index < -0.39 is 0 Å². The van der Waals surface area contributed by atoms with Crippen molar-refractivity contribution in [1.82, 2.24) is 4.98 Å². The first-order valence-corrected chi connectivity index (χ1v) is 7.28. The zero-order valence-corrected chi connectivity index (χ0v) is 11.9. The number of rotatable bonds is 3. The molecule has 4 heteroatoms. The lowest BCUT2D eigenvalue weighted by atomic mass is 9.95. The summed E-state index contributed by atoms with van der Waals surface area (Å²) in [6.45, 7) is 0.577. The monoisotopic (exact) mass is 278 g/mol. The molecule has 0 spiro atoms. The van der Waals surface area contributed by atoms with Crippen molar-refractivity contribution in [3.05, 3.63) is 52.7 Å². The van der Waals surface area contributed by atoms with Gasteiger partial charge in [-0.3, -0.25) is 0 Å². The van der Waals surface area contributed by atoms with E-state index in [1.54, 1.807) is 0 Å². The molecule has 1 aromatic carbocycles. The number of aryl methyl sites for hydroxylation is 2. The largest absolute Gasteiger partial charge is 0.398 e. The van der Waals surface area contributed by atoms with Crippen LogP contribution in [0, 0.1) is 11.3 Å². The van der Waals surface area contributed by atoms with Gasteiger partial charge in [0.15, 0.2) is 0 Å². The first-order chi connectivity index (χ1) is 10.3. The Morgan fingerprint density at radius 2 is 2.05 bits per heavy atom. The summed E-state index contributed by atoms with van der Waals surface area (Å²) in [5.74, 6) is 0.668. The Labute approximate surface area is 124 Å². The lowest BCUT2D eigenvalue weighted by Crippen LogP contribution is -2.11. The number of para-hydroxylation sites is 1. The van der Waals surface area contributed by atoms with Gasteiger partial charge >= 0.3 is 0 Å². The van der Waals surface area contributed by atoms with Crippen LogP contribution in [0.3, 0.4) is 0 Å². The molecule has 0 radical (unpaired) electrons. The minimum absolute atomic E-state index is 0.577. The Kier molecular flexibility index (Phi) is 3.74. The minimum atomic E-state index is 0.577. The number of nitrogens with two attached hydrogens (primary N) is 1. The van der Waals surface area contributed by atoms with Crippen LogP contribution in [0.2, 0.25) is 0 Å². The summed E-state index contributed by atoms with van der Waals surface area (Å²) in [7, 11) is 0. The number of aromatic nitrogens is 1. The smallest absolute Gasteiger partial charge is 0.144 e. The van der Waals surface area contributed by atoms with Crippen LogP contribution in [0.25, 0.3) is 0 Å². The second-order valence-electron chi connectivity index (χ2n) is 5.36. The number of benzene rings is 1. The van der Waals surface area contributed by atoms with E-state index in [0.29, 0.717) is 17.9 Å². The Balaban J connectivity index is 1.85. The summed E-state index contributed by atoms with van der Waals surface area (Å²) in [6, 6.07) is 12.0. The van der Waals surface area contributed by atoms with Gasteiger partial charge in [-0.05, 0) is 48.9 Å². The third-order valence-corrected chi connectivity index (χ3v) is 3.92. The standard InChI is InChI=1S/C17H18N4/c18-10-14-9-12-5-2-4-8-16(12)21-17(14)20-11-13-6-1-3-7-15(13)19/h1,3,6-7,9H,2,4-5,8,11,19H2,(H,20,21). The number of nitrogens with zero attached hydrogens (tertiary/aromatic N) is 2. The third-order valence-electron chi connectivity index (χ3n) is 3.92. The molecule has 0 amide bonds. The van der Waals surface area contributed by atoms with Crippen LogP contribution in [0.15, 0.2) is 30.3 Å². The second-order valence-corrected chi connectivity index (χ2v) is 5.36. The topological polar surface area (TPSA) is 74.7 Å². The molecular weight excluding hydrogens is 260 g/mol. The van der Waals surface area contributed by atoms with Crippen molar-refractivity contribution in [2.75, 3.05) is 11.1 Å². The van der Waals surface area contributed by atoms with Crippen molar-refractivity contribution < 1.29 is 0 Å². The first kappa shape index (κ1) is 13.4. The van der Waals surface area contributed by atoms with Gasteiger partial charge in [-0.2, -0.15) is 5.26 Å². The summed E-state index contributed by atoms with van der Waals surface area (Å²) >= 11 is 0. The van der Waals surface area contributed by atoms with E-state index in [9.17, 15) is 5.26 Å². The molecule has 0 atom stereocenters. The fraction of sp³-hybridized carbons (Fsp3) is 0.294. The fourth-order valence-electron chi connectivity index (χ4n) is 2.73. The maximum Gasteiger partial charge on any atom is 0.144 e. The minimum Gasteiger partial charge on any atom is -0.398 e. The molecule has 1 heterocycles. The summed E-state index contributed by atoms with van der Waals surface area (Å²) < 4.78 is 0. The molecular formula is C17H18N4. The maximum absolute atomic E-state index is 9.32. The lowest BCUT2D eigenvalue weighted by Gasteiger charge is -2.17. The number of nitrogen functional groups attached to an aromatic ring is 1. The van der Waals surface area contributed by atoms with E-state index >= 15 is 0 Å². The number of anilines is 2. The second kappa shape index (κ2) is 5.84. The number of hydrogen-bond donors (Lipinski definition) is 2. The van der Waals surface area contributed by atoms with Crippen molar-refractivity contribution in [2.24, 2.45) is 0 Å². The van der Waals surface area contributed by atoms with E-state index in [1.165, 1.54) is 18.4 Å². The van der Waals surface area contributed by atoms with Gasteiger partial charge in [0.25, 0.3) is 0 Å². The molecule has 3 rings (SSSR count). The molecule has 106 valence electrons. The number of nitriles is 1. The van der Waals surface area contributed by atoms with Crippen LogP contribution in [0.4, 0.5) is 11.5 Å². The van der Waals surface area contributed by atoms with Gasteiger partial charge in [0, 0.05) is 17.9 Å². The number of nitrogens with one attached hydrogen (secondary N) is 1. The fourth-order valence-corrected chi connectivity index (χ4v) is 2.73. The van der Waals surface area contributed by atoms with E-state index in [-0.39, 0.29) is 0 Å². The maximum atomic E-state index is 9.32. The molecule has 3 N–H and O–H groups in total. The average Bonchev–Trinajstić information content (AvgIpc) is 2.53. The predicted molar refractivity (Wildman–Crippen MR) is 83.8 cm³/mol. The third kappa shape index (κ3) is 2.82. The highest BCUT2D eigenvalue weighted by atomic mass is 15.0. The predicted octanol–water partition coefficient (Wildman–Crippen LogP) is 3.03. The Bertz CT molecular complexity index is 700. The van der Waals surface area contributed by atoms with Crippen LogP contribution < -0.4 is 11.1 Å². The highest BCUT2D eigenvalue weighted by molar-refractivity contribution is 5.56. The van der Waals surface area contributed by atoms with Gasteiger partial charge in [0.1, 0.15) is 11.9 Å². The summed E-state index contributed by atoms with van der Waals surface area (Å²) in [5.41, 5.74) is 10.7. The van der Waals surface area contributed by atoms with Crippen LogP contribution in [0.5, 0.6) is 0 Å². The zero-order chi connectivity index (χ0) is 14.7. The van der Waals surface area contributed by atoms with Crippen molar-refractivity contribution >= 4 is 11.5 Å². The quantitative estimate of drug-likeness (QED) is 0.846. The van der Waals surface area contributed by atoms with Crippen molar-refractivity contribution in [3.8, 4) is 6.07 Å². The zero-order valence-electron chi connectivity index (χ0n) is 11.9. The molecule has 21 heavy (non-hydrogen) atoms. The molecule has 0 aliphatic heterocycles. The molecule has 1 aromatic heterocycles. The van der Waals surface area contributed by atoms with Crippen LogP contribution in [-0.2, 0) is 19.4 Å². The molecule has 0 saturated carbocycles. The average molecular weight is 278 g/mol. The number of fused-ring (bicyclic) bond motifs is 1. The molecule has 2 aromatic rings. The van der Waals surface area contributed by atoms with Crippen LogP contribution in [0.1, 0.15) is 35.2 Å². The molecule has 0 saturated heterocycles. The van der Waals surface area contributed by atoms with E-state index in [0.717, 1.165) is 29.8 Å². The van der Waals surface area contributed by atoms with Gasteiger partial charge in [-0.1, -0.05) is 18.2 Å². The van der Waals surface area contributed by atoms with Crippen molar-refractivity contribution in [1.29, 1.82) is 5.26 Å². The van der Waals surface area contributed by atoms with E-state index in [2.05, 4.69) is 16.4 Å². The Morgan fingerprint density at radius 1 is 1.24 bits per heavy atom. The molecule has 1 aliphatic rings. The summed E-state index contributed by atoms with van der Waals surface area (Å²) in [4.78, 5) is 4.65. The van der Waals surface area contributed by atoms with Gasteiger partial charge < -0.3 is 11.1 Å². The lowest BCUT2D eigenvalue weighted by molar-refractivity contribution is 0.668.